The molecule has 1 N–H and O–H groups in total. The highest BCUT2D eigenvalue weighted by molar-refractivity contribution is 7.89. The quantitative estimate of drug-likeness (QED) is 0.872. The number of aryl methyl sites for hydroxylation is 1. The summed E-state index contributed by atoms with van der Waals surface area (Å²) in [6, 6.07) is 2.69. The van der Waals surface area contributed by atoms with Crippen molar-refractivity contribution in [3.63, 3.8) is 0 Å². The van der Waals surface area contributed by atoms with Gasteiger partial charge in [-0.05, 0) is 13.0 Å². The van der Waals surface area contributed by atoms with Gasteiger partial charge in [-0.2, -0.15) is 4.31 Å². The number of rotatable bonds is 5. The number of sulfonamides is 1. The van der Waals surface area contributed by atoms with Crippen LogP contribution in [0.1, 0.15) is 21.8 Å². The van der Waals surface area contributed by atoms with E-state index in [0.717, 1.165) is 22.8 Å². The Balaban J connectivity index is 2.28. The van der Waals surface area contributed by atoms with Gasteiger partial charge in [0.25, 0.3) is 0 Å². The maximum atomic E-state index is 12.4. The van der Waals surface area contributed by atoms with Crippen molar-refractivity contribution in [2.24, 2.45) is 0 Å². The van der Waals surface area contributed by atoms with Crippen molar-refractivity contribution in [1.29, 1.82) is 0 Å². The van der Waals surface area contributed by atoms with E-state index in [0.29, 0.717) is 11.5 Å². The SMILES string of the molecule is Cc1cc(CN(C)S(=O)(=O)c2cncc(C(=O)O)c2)no1. The normalized spacial score (nSPS) is 11.8. The minimum atomic E-state index is -3.86. The first-order valence-electron chi connectivity index (χ1n) is 5.87. The second-order valence-corrected chi connectivity index (χ2v) is 6.45. The molecular formula is C12H13N3O5S. The van der Waals surface area contributed by atoms with Crippen LogP contribution in [0.5, 0.6) is 0 Å². The van der Waals surface area contributed by atoms with E-state index in [9.17, 15) is 13.2 Å². The minimum absolute atomic E-state index is 0.0109. The zero-order chi connectivity index (χ0) is 15.6. The summed E-state index contributed by atoms with van der Waals surface area (Å²) in [4.78, 5) is 14.3. The number of pyridine rings is 1. The smallest absolute Gasteiger partial charge is 0.337 e. The molecule has 0 aromatic carbocycles. The van der Waals surface area contributed by atoms with Crippen molar-refractivity contribution >= 4 is 16.0 Å². The van der Waals surface area contributed by atoms with Gasteiger partial charge in [-0.1, -0.05) is 5.16 Å². The third-order valence-electron chi connectivity index (χ3n) is 2.73. The number of aromatic nitrogens is 2. The number of nitrogens with zero attached hydrogens (tertiary/aromatic N) is 3. The van der Waals surface area contributed by atoms with Gasteiger partial charge in [0.15, 0.2) is 0 Å². The minimum Gasteiger partial charge on any atom is -0.478 e. The number of carbonyl (C=O) groups is 1. The highest BCUT2D eigenvalue weighted by Gasteiger charge is 2.23. The second-order valence-electron chi connectivity index (χ2n) is 4.40. The molecule has 0 atom stereocenters. The van der Waals surface area contributed by atoms with Crippen molar-refractivity contribution in [3.05, 3.63) is 41.5 Å². The first kappa shape index (κ1) is 15.1. The molecule has 9 heteroatoms. The highest BCUT2D eigenvalue weighted by atomic mass is 32.2. The lowest BCUT2D eigenvalue weighted by atomic mass is 10.3. The lowest BCUT2D eigenvalue weighted by molar-refractivity contribution is 0.0696. The predicted molar refractivity (Wildman–Crippen MR) is 71.1 cm³/mol. The Morgan fingerprint density at radius 3 is 2.67 bits per heavy atom. The molecule has 0 radical (unpaired) electrons. The Bertz CT molecular complexity index is 769. The Labute approximate surface area is 121 Å². The van der Waals surface area contributed by atoms with Gasteiger partial charge in [0.05, 0.1) is 17.8 Å². The van der Waals surface area contributed by atoms with Gasteiger partial charge >= 0.3 is 5.97 Å². The molecule has 2 aromatic heterocycles. The molecule has 8 nitrogen and oxygen atoms in total. The zero-order valence-corrected chi connectivity index (χ0v) is 12.2. The average Bonchev–Trinajstić information content (AvgIpc) is 2.84. The first-order chi connectivity index (χ1) is 9.80. The summed E-state index contributed by atoms with van der Waals surface area (Å²) in [5.41, 5.74) is 0.266. The van der Waals surface area contributed by atoms with Crippen LogP contribution in [0.25, 0.3) is 0 Å². The van der Waals surface area contributed by atoms with Crippen molar-refractivity contribution in [1.82, 2.24) is 14.4 Å². The number of hydrogen-bond acceptors (Lipinski definition) is 6. The predicted octanol–water partition coefficient (Wildman–Crippen LogP) is 0.897. The fraction of sp³-hybridized carbons (Fsp3) is 0.250. The molecule has 0 amide bonds. The summed E-state index contributed by atoms with van der Waals surface area (Å²) in [7, 11) is -2.49. The molecule has 0 unspecified atom stereocenters. The third kappa shape index (κ3) is 3.26. The van der Waals surface area contributed by atoms with Gasteiger partial charge in [0.2, 0.25) is 10.0 Å². The van der Waals surface area contributed by atoms with Crippen LogP contribution in [-0.4, -0.2) is 41.0 Å². The Morgan fingerprint density at radius 2 is 2.10 bits per heavy atom. The zero-order valence-electron chi connectivity index (χ0n) is 11.3. The monoisotopic (exact) mass is 311 g/mol. The van der Waals surface area contributed by atoms with E-state index in [2.05, 4.69) is 10.1 Å². The van der Waals surface area contributed by atoms with Crippen LogP contribution in [-0.2, 0) is 16.6 Å². The Hall–Kier alpha value is -2.26. The molecule has 112 valence electrons. The molecule has 2 aromatic rings. The third-order valence-corrected chi connectivity index (χ3v) is 4.50. The van der Waals surface area contributed by atoms with Crippen molar-refractivity contribution in [2.75, 3.05) is 7.05 Å². The first-order valence-corrected chi connectivity index (χ1v) is 7.31. The molecule has 0 spiro atoms. The summed E-state index contributed by atoms with van der Waals surface area (Å²) < 4.78 is 30.6. The van der Waals surface area contributed by atoms with Crippen LogP contribution < -0.4 is 0 Å². The molecule has 0 aliphatic rings. The van der Waals surface area contributed by atoms with Crippen molar-refractivity contribution in [3.8, 4) is 0 Å². The fourth-order valence-corrected chi connectivity index (χ4v) is 2.79. The number of carboxylic acids is 1. The second kappa shape index (κ2) is 5.62. The van der Waals surface area contributed by atoms with E-state index in [1.54, 1.807) is 13.0 Å². The van der Waals surface area contributed by atoms with E-state index in [1.807, 2.05) is 0 Å². The molecule has 2 heterocycles. The lowest BCUT2D eigenvalue weighted by Crippen LogP contribution is -2.27. The van der Waals surface area contributed by atoms with E-state index >= 15 is 0 Å². The number of hydrogen-bond donors (Lipinski definition) is 1. The standard InChI is InChI=1S/C12H13N3O5S/c1-8-3-10(14-20-8)7-15(2)21(18,19)11-4-9(12(16)17)5-13-6-11/h3-6H,7H2,1-2H3,(H,16,17). The van der Waals surface area contributed by atoms with Crippen molar-refractivity contribution in [2.45, 2.75) is 18.4 Å². The van der Waals surface area contributed by atoms with E-state index < -0.39 is 16.0 Å². The Morgan fingerprint density at radius 1 is 1.38 bits per heavy atom. The van der Waals surface area contributed by atoms with Gasteiger partial charge in [-0.15, -0.1) is 0 Å². The van der Waals surface area contributed by atoms with Gasteiger partial charge in [0.1, 0.15) is 10.7 Å². The molecule has 21 heavy (non-hydrogen) atoms. The van der Waals surface area contributed by atoms with E-state index in [4.69, 9.17) is 9.63 Å². The molecule has 0 aliphatic carbocycles. The highest BCUT2D eigenvalue weighted by Crippen LogP contribution is 2.17. The van der Waals surface area contributed by atoms with E-state index in [1.165, 1.54) is 7.05 Å². The van der Waals surface area contributed by atoms with Crippen LogP contribution in [0.2, 0.25) is 0 Å². The number of aromatic carboxylic acids is 1. The molecule has 0 saturated heterocycles. The summed E-state index contributed by atoms with van der Waals surface area (Å²) in [5, 5.41) is 12.6. The fourth-order valence-electron chi connectivity index (χ4n) is 1.66. The Kier molecular flexibility index (Phi) is 4.05. The molecule has 2 rings (SSSR count). The van der Waals surface area contributed by atoms with Crippen LogP contribution in [0.4, 0.5) is 0 Å². The van der Waals surface area contributed by atoms with Gasteiger partial charge < -0.3 is 9.63 Å². The molecule has 0 bridgehead atoms. The summed E-state index contributed by atoms with van der Waals surface area (Å²) in [6.07, 6.45) is 2.19. The molecule has 0 saturated carbocycles. The van der Waals surface area contributed by atoms with Gasteiger partial charge in [0, 0.05) is 25.5 Å². The van der Waals surface area contributed by atoms with Gasteiger partial charge in [-0.25, -0.2) is 13.2 Å². The summed E-state index contributed by atoms with van der Waals surface area (Å²) >= 11 is 0. The van der Waals surface area contributed by atoms with Crippen molar-refractivity contribution < 1.29 is 22.8 Å². The van der Waals surface area contributed by atoms with Crippen LogP contribution in [0, 0.1) is 6.92 Å². The topological polar surface area (TPSA) is 114 Å². The van der Waals surface area contributed by atoms with Crippen LogP contribution >= 0.6 is 0 Å². The maximum Gasteiger partial charge on any atom is 0.337 e. The molecule has 0 fully saturated rings. The summed E-state index contributed by atoms with van der Waals surface area (Å²) in [5.74, 6) is -0.667. The maximum absolute atomic E-state index is 12.4. The molecular weight excluding hydrogens is 298 g/mol. The van der Waals surface area contributed by atoms with Crippen LogP contribution in [0.15, 0.2) is 33.9 Å². The molecule has 0 aliphatic heterocycles. The number of carboxylic acid groups (broad SMARTS) is 1. The van der Waals surface area contributed by atoms with Gasteiger partial charge in [-0.3, -0.25) is 4.98 Å². The largest absolute Gasteiger partial charge is 0.478 e. The summed E-state index contributed by atoms with van der Waals surface area (Å²) in [6.45, 7) is 1.71. The average molecular weight is 311 g/mol. The van der Waals surface area contributed by atoms with Crippen LogP contribution in [0.3, 0.4) is 0 Å². The lowest BCUT2D eigenvalue weighted by Gasteiger charge is -2.15. The van der Waals surface area contributed by atoms with E-state index in [-0.39, 0.29) is 17.0 Å².